The summed E-state index contributed by atoms with van der Waals surface area (Å²) in [6.45, 7) is 7.12. The zero-order chi connectivity index (χ0) is 15.7. The maximum Gasteiger partial charge on any atom is 0.252 e. The predicted octanol–water partition coefficient (Wildman–Crippen LogP) is 3.81. The van der Waals surface area contributed by atoms with Crippen LogP contribution in [0.3, 0.4) is 0 Å². The van der Waals surface area contributed by atoms with E-state index in [9.17, 15) is 4.79 Å². The molecule has 2 atom stereocenters. The summed E-state index contributed by atoms with van der Waals surface area (Å²) >= 11 is 0. The van der Waals surface area contributed by atoms with E-state index in [4.69, 9.17) is 0 Å². The molecule has 22 heavy (non-hydrogen) atoms. The zero-order valence-corrected chi connectivity index (χ0v) is 13.8. The number of fused-ring (bicyclic) bond motifs is 1. The molecule has 1 aromatic carbocycles. The van der Waals surface area contributed by atoms with Crippen molar-refractivity contribution in [2.24, 2.45) is 5.92 Å². The van der Waals surface area contributed by atoms with Crippen molar-refractivity contribution in [2.75, 3.05) is 0 Å². The summed E-state index contributed by atoms with van der Waals surface area (Å²) in [4.78, 5) is 15.4. The van der Waals surface area contributed by atoms with Gasteiger partial charge < -0.3 is 10.3 Å². The highest BCUT2D eigenvalue weighted by Gasteiger charge is 2.20. The first-order chi connectivity index (χ1) is 10.5. The normalized spacial score (nSPS) is 22.1. The maximum absolute atomic E-state index is 12.3. The number of rotatable bonds is 3. The molecule has 118 valence electrons. The molecule has 0 bridgehead atoms. The summed E-state index contributed by atoms with van der Waals surface area (Å²) in [5.41, 5.74) is 4.21. The minimum Gasteiger partial charge on any atom is -0.321 e. The molecule has 1 saturated carbocycles. The van der Waals surface area contributed by atoms with Gasteiger partial charge in [-0.1, -0.05) is 31.4 Å². The summed E-state index contributed by atoms with van der Waals surface area (Å²) in [5.74, 6) is 0.706. The fourth-order valence-corrected chi connectivity index (χ4v) is 3.72. The van der Waals surface area contributed by atoms with Crippen molar-refractivity contribution in [3.8, 4) is 0 Å². The van der Waals surface area contributed by atoms with Gasteiger partial charge in [0.15, 0.2) is 0 Å². The van der Waals surface area contributed by atoms with Crippen LogP contribution in [0.2, 0.25) is 0 Å². The Morgan fingerprint density at radius 3 is 2.73 bits per heavy atom. The van der Waals surface area contributed by atoms with Crippen LogP contribution in [0.15, 0.2) is 23.0 Å². The Labute approximate surface area is 132 Å². The number of nitrogens with one attached hydrogen (secondary N) is 2. The molecule has 1 fully saturated rings. The predicted molar refractivity (Wildman–Crippen MR) is 92.3 cm³/mol. The Kier molecular flexibility index (Phi) is 4.34. The second kappa shape index (κ2) is 6.25. The number of aryl methyl sites for hydroxylation is 2. The molecule has 2 aromatic rings. The molecule has 1 aliphatic rings. The molecule has 0 amide bonds. The molecule has 0 unspecified atom stereocenters. The molecule has 2 N–H and O–H groups in total. The van der Waals surface area contributed by atoms with Gasteiger partial charge in [-0.25, -0.2) is 0 Å². The number of H-pyrrole nitrogens is 1. The summed E-state index contributed by atoms with van der Waals surface area (Å²) in [6, 6.07) is 6.85. The summed E-state index contributed by atoms with van der Waals surface area (Å²) in [6.07, 6.45) is 5.16. The fourth-order valence-electron chi connectivity index (χ4n) is 3.72. The van der Waals surface area contributed by atoms with Gasteiger partial charge in [-0.05, 0) is 55.7 Å². The van der Waals surface area contributed by atoms with E-state index in [-0.39, 0.29) is 5.56 Å². The zero-order valence-electron chi connectivity index (χ0n) is 13.8. The minimum absolute atomic E-state index is 0.0374. The third-order valence-electron chi connectivity index (χ3n) is 5.04. The largest absolute Gasteiger partial charge is 0.321 e. The van der Waals surface area contributed by atoms with Gasteiger partial charge in [-0.3, -0.25) is 4.79 Å². The Hall–Kier alpha value is -1.61. The van der Waals surface area contributed by atoms with E-state index in [1.54, 1.807) is 0 Å². The van der Waals surface area contributed by atoms with E-state index in [2.05, 4.69) is 42.3 Å². The van der Waals surface area contributed by atoms with Crippen molar-refractivity contribution < 1.29 is 0 Å². The third-order valence-corrected chi connectivity index (χ3v) is 5.04. The highest BCUT2D eigenvalue weighted by atomic mass is 16.1. The highest BCUT2D eigenvalue weighted by Crippen LogP contribution is 2.24. The first kappa shape index (κ1) is 15.3. The number of aromatic amines is 1. The summed E-state index contributed by atoms with van der Waals surface area (Å²) < 4.78 is 0. The van der Waals surface area contributed by atoms with E-state index < -0.39 is 0 Å². The van der Waals surface area contributed by atoms with Crippen LogP contribution in [0.4, 0.5) is 0 Å². The van der Waals surface area contributed by atoms with Crippen molar-refractivity contribution in [3.63, 3.8) is 0 Å². The Bertz CT molecular complexity index is 732. The minimum atomic E-state index is 0.0374. The lowest BCUT2D eigenvalue weighted by atomic mass is 9.86. The lowest BCUT2D eigenvalue weighted by Gasteiger charge is -2.29. The molecule has 3 heteroatoms. The quantitative estimate of drug-likeness (QED) is 0.905. The molecule has 0 radical (unpaired) electrons. The van der Waals surface area contributed by atoms with Crippen LogP contribution in [0.5, 0.6) is 0 Å². The summed E-state index contributed by atoms with van der Waals surface area (Å²) in [7, 11) is 0. The monoisotopic (exact) mass is 298 g/mol. The van der Waals surface area contributed by atoms with Crippen molar-refractivity contribution >= 4 is 10.9 Å². The number of aromatic nitrogens is 1. The molecule has 0 spiro atoms. The maximum atomic E-state index is 12.3. The van der Waals surface area contributed by atoms with E-state index >= 15 is 0 Å². The van der Waals surface area contributed by atoms with Crippen LogP contribution in [-0.2, 0) is 6.54 Å². The Morgan fingerprint density at radius 2 is 1.95 bits per heavy atom. The number of benzene rings is 1. The van der Waals surface area contributed by atoms with Crippen LogP contribution in [0.25, 0.3) is 10.9 Å². The van der Waals surface area contributed by atoms with Crippen LogP contribution in [-0.4, -0.2) is 11.0 Å². The van der Waals surface area contributed by atoms with E-state index in [1.165, 1.54) is 31.2 Å². The molecule has 1 aliphatic carbocycles. The van der Waals surface area contributed by atoms with Gasteiger partial charge in [0, 0.05) is 18.2 Å². The standard InChI is InChI=1S/C19H26N2O/c1-12-8-14(3)18-15(9-12)10-16(19(22)21-18)11-20-17-7-5-4-6-13(17)2/h8-10,13,17,20H,4-7,11H2,1-3H3,(H,21,22)/t13-,17-/m0/s1. The van der Waals surface area contributed by atoms with Gasteiger partial charge >= 0.3 is 0 Å². The first-order valence-electron chi connectivity index (χ1n) is 8.41. The molecule has 1 heterocycles. The lowest BCUT2D eigenvalue weighted by molar-refractivity contribution is 0.279. The molecular formula is C19H26N2O. The second-order valence-corrected chi connectivity index (χ2v) is 6.92. The SMILES string of the molecule is Cc1cc(C)c2[nH]c(=O)c(CN[C@H]3CCCC[C@@H]3C)cc2c1. The van der Waals surface area contributed by atoms with E-state index in [0.29, 0.717) is 18.5 Å². The molecule has 0 saturated heterocycles. The average Bonchev–Trinajstić information content (AvgIpc) is 2.47. The van der Waals surface area contributed by atoms with Gasteiger partial charge in [-0.15, -0.1) is 0 Å². The van der Waals surface area contributed by atoms with Crippen LogP contribution < -0.4 is 10.9 Å². The first-order valence-corrected chi connectivity index (χ1v) is 8.41. The fraction of sp³-hybridized carbons (Fsp3) is 0.526. The molecule has 0 aliphatic heterocycles. The van der Waals surface area contributed by atoms with Crippen molar-refractivity contribution in [3.05, 3.63) is 45.2 Å². The Morgan fingerprint density at radius 1 is 1.18 bits per heavy atom. The molecule has 1 aromatic heterocycles. The van der Waals surface area contributed by atoms with Crippen LogP contribution in [0, 0.1) is 19.8 Å². The lowest BCUT2D eigenvalue weighted by Crippen LogP contribution is -2.37. The topological polar surface area (TPSA) is 44.9 Å². The molecular weight excluding hydrogens is 272 g/mol. The molecule has 3 rings (SSSR count). The van der Waals surface area contributed by atoms with Gasteiger partial charge in [0.1, 0.15) is 0 Å². The highest BCUT2D eigenvalue weighted by molar-refractivity contribution is 5.82. The van der Waals surface area contributed by atoms with Crippen molar-refractivity contribution in [2.45, 2.75) is 59.0 Å². The van der Waals surface area contributed by atoms with Crippen molar-refractivity contribution in [1.82, 2.24) is 10.3 Å². The van der Waals surface area contributed by atoms with Gasteiger partial charge in [0.05, 0.1) is 5.52 Å². The smallest absolute Gasteiger partial charge is 0.252 e. The third kappa shape index (κ3) is 3.09. The van der Waals surface area contributed by atoms with Gasteiger partial charge in [-0.2, -0.15) is 0 Å². The van der Waals surface area contributed by atoms with Crippen LogP contribution >= 0.6 is 0 Å². The second-order valence-electron chi connectivity index (χ2n) is 6.92. The molecule has 3 nitrogen and oxygen atoms in total. The number of hydrogen-bond acceptors (Lipinski definition) is 2. The van der Waals surface area contributed by atoms with E-state index in [0.717, 1.165) is 22.0 Å². The number of pyridine rings is 1. The summed E-state index contributed by atoms with van der Waals surface area (Å²) in [5, 5.41) is 4.73. The van der Waals surface area contributed by atoms with Gasteiger partial charge in [0.2, 0.25) is 0 Å². The number of hydrogen-bond donors (Lipinski definition) is 2. The van der Waals surface area contributed by atoms with Crippen molar-refractivity contribution in [1.29, 1.82) is 0 Å². The average molecular weight is 298 g/mol. The Balaban J connectivity index is 1.84. The van der Waals surface area contributed by atoms with Gasteiger partial charge in [0.25, 0.3) is 5.56 Å². The van der Waals surface area contributed by atoms with Crippen LogP contribution in [0.1, 0.15) is 49.3 Å². The van der Waals surface area contributed by atoms with E-state index in [1.807, 2.05) is 6.92 Å².